The highest BCUT2D eigenvalue weighted by Crippen LogP contribution is 2.23. The lowest BCUT2D eigenvalue weighted by Crippen LogP contribution is -2.13. The van der Waals surface area contributed by atoms with Crippen LogP contribution in [0.2, 0.25) is 0 Å². The lowest BCUT2D eigenvalue weighted by Gasteiger charge is -2.03. The van der Waals surface area contributed by atoms with Gasteiger partial charge in [0.25, 0.3) is 11.6 Å². The van der Waals surface area contributed by atoms with Crippen LogP contribution in [0.5, 0.6) is 0 Å². The van der Waals surface area contributed by atoms with Gasteiger partial charge >= 0.3 is 0 Å². The molecular formula is C9H7N5O3. The maximum absolute atomic E-state index is 11.6. The van der Waals surface area contributed by atoms with Crippen LogP contribution >= 0.6 is 0 Å². The van der Waals surface area contributed by atoms with E-state index >= 15 is 0 Å². The van der Waals surface area contributed by atoms with E-state index in [0.717, 1.165) is 0 Å². The van der Waals surface area contributed by atoms with Crippen LogP contribution in [0.3, 0.4) is 0 Å². The Morgan fingerprint density at radius 1 is 1.41 bits per heavy atom. The van der Waals surface area contributed by atoms with E-state index in [0.29, 0.717) is 0 Å². The zero-order chi connectivity index (χ0) is 12.3. The summed E-state index contributed by atoms with van der Waals surface area (Å²) in [6.07, 6.45) is 1.23. The highest BCUT2D eigenvalue weighted by atomic mass is 16.6. The number of nitrogens with zero attached hydrogens (tertiary/aromatic N) is 3. The highest BCUT2D eigenvalue weighted by molar-refractivity contribution is 6.03. The average Bonchev–Trinajstić information content (AvgIpc) is 2.83. The Kier molecular flexibility index (Phi) is 2.77. The number of para-hydroxylation sites is 2. The summed E-state index contributed by atoms with van der Waals surface area (Å²) >= 11 is 0. The first kappa shape index (κ1) is 10.7. The van der Waals surface area contributed by atoms with Crippen molar-refractivity contribution in [1.82, 2.24) is 15.4 Å². The van der Waals surface area contributed by atoms with Crippen LogP contribution < -0.4 is 5.32 Å². The van der Waals surface area contributed by atoms with Gasteiger partial charge in [0.1, 0.15) is 5.69 Å². The van der Waals surface area contributed by atoms with Crippen molar-refractivity contribution in [3.63, 3.8) is 0 Å². The molecule has 1 amide bonds. The van der Waals surface area contributed by atoms with Gasteiger partial charge in [0, 0.05) is 6.07 Å². The summed E-state index contributed by atoms with van der Waals surface area (Å²) in [5.41, 5.74) is -0.00186. The van der Waals surface area contributed by atoms with Crippen LogP contribution in [0.1, 0.15) is 10.5 Å². The molecule has 2 rings (SSSR count). The molecule has 86 valence electrons. The number of H-pyrrole nitrogens is 1. The summed E-state index contributed by atoms with van der Waals surface area (Å²) in [5.74, 6) is -0.562. The van der Waals surface area contributed by atoms with E-state index in [2.05, 4.69) is 20.7 Å². The molecule has 8 nitrogen and oxygen atoms in total. The van der Waals surface area contributed by atoms with Crippen molar-refractivity contribution in [2.75, 3.05) is 5.32 Å². The lowest BCUT2D eigenvalue weighted by atomic mass is 10.2. The molecule has 2 N–H and O–H groups in total. The fraction of sp³-hybridized carbons (Fsp3) is 0. The molecule has 1 heterocycles. The fourth-order valence-electron chi connectivity index (χ4n) is 1.24. The summed E-state index contributed by atoms with van der Waals surface area (Å²) < 4.78 is 0. The number of rotatable bonds is 3. The maximum atomic E-state index is 11.6. The SMILES string of the molecule is O=C(Nc1ccccc1[N+](=O)[O-])c1cn[nH]n1. The van der Waals surface area contributed by atoms with Crippen molar-refractivity contribution in [3.05, 3.63) is 46.3 Å². The first-order valence-electron chi connectivity index (χ1n) is 4.59. The largest absolute Gasteiger partial charge is 0.315 e. The van der Waals surface area contributed by atoms with Crippen LogP contribution in [-0.2, 0) is 0 Å². The fourth-order valence-corrected chi connectivity index (χ4v) is 1.24. The van der Waals surface area contributed by atoms with Crippen LogP contribution in [0.4, 0.5) is 11.4 Å². The van der Waals surface area contributed by atoms with Crippen LogP contribution in [0, 0.1) is 10.1 Å². The number of nitro groups is 1. The van der Waals surface area contributed by atoms with Crippen LogP contribution in [0.25, 0.3) is 0 Å². The van der Waals surface area contributed by atoms with Crippen molar-refractivity contribution >= 4 is 17.3 Å². The molecule has 0 fully saturated rings. The van der Waals surface area contributed by atoms with E-state index in [4.69, 9.17) is 0 Å². The van der Waals surface area contributed by atoms with Crippen molar-refractivity contribution in [3.8, 4) is 0 Å². The molecule has 0 radical (unpaired) electrons. The minimum atomic E-state index is -0.571. The quantitative estimate of drug-likeness (QED) is 0.605. The topological polar surface area (TPSA) is 114 Å². The summed E-state index contributed by atoms with van der Waals surface area (Å²) in [6, 6.07) is 5.85. The molecule has 2 aromatic rings. The Morgan fingerprint density at radius 3 is 2.82 bits per heavy atom. The van der Waals surface area contributed by atoms with E-state index in [1.54, 1.807) is 6.07 Å². The zero-order valence-corrected chi connectivity index (χ0v) is 8.45. The lowest BCUT2D eigenvalue weighted by molar-refractivity contribution is -0.383. The number of amides is 1. The Balaban J connectivity index is 2.25. The van der Waals surface area contributed by atoms with Crippen molar-refractivity contribution in [2.45, 2.75) is 0 Å². The van der Waals surface area contributed by atoms with Crippen molar-refractivity contribution in [2.24, 2.45) is 0 Å². The summed E-state index contributed by atoms with van der Waals surface area (Å²) in [4.78, 5) is 21.7. The van der Waals surface area contributed by atoms with Crippen LogP contribution in [-0.4, -0.2) is 26.2 Å². The molecular weight excluding hydrogens is 226 g/mol. The smallest absolute Gasteiger partial charge is 0.292 e. The zero-order valence-electron chi connectivity index (χ0n) is 8.45. The number of nitro benzene ring substituents is 1. The van der Waals surface area contributed by atoms with Gasteiger partial charge in [-0.05, 0) is 6.07 Å². The maximum Gasteiger partial charge on any atom is 0.292 e. The number of nitrogens with one attached hydrogen (secondary N) is 2. The van der Waals surface area contributed by atoms with Gasteiger partial charge in [-0.25, -0.2) is 0 Å². The molecule has 0 aliphatic carbocycles. The molecule has 17 heavy (non-hydrogen) atoms. The van der Waals surface area contributed by atoms with Gasteiger partial charge in [0.05, 0.1) is 11.1 Å². The normalized spacial score (nSPS) is 9.88. The molecule has 0 aliphatic rings. The minimum Gasteiger partial charge on any atom is -0.315 e. The molecule has 0 aliphatic heterocycles. The summed E-state index contributed by atoms with van der Waals surface area (Å²) in [5, 5.41) is 22.4. The summed E-state index contributed by atoms with van der Waals surface area (Å²) in [6.45, 7) is 0. The van der Waals surface area contributed by atoms with Gasteiger partial charge in [-0.2, -0.15) is 15.4 Å². The molecule has 0 spiro atoms. The van der Waals surface area contributed by atoms with E-state index in [1.807, 2.05) is 0 Å². The third-order valence-electron chi connectivity index (χ3n) is 2.00. The molecule has 8 heteroatoms. The van der Waals surface area contributed by atoms with Gasteiger partial charge in [0.2, 0.25) is 0 Å². The number of aromatic nitrogens is 3. The van der Waals surface area contributed by atoms with E-state index in [-0.39, 0.29) is 17.1 Å². The second-order valence-corrected chi connectivity index (χ2v) is 3.08. The molecule has 0 saturated heterocycles. The minimum absolute atomic E-state index is 0.0585. The number of hydrogen-bond acceptors (Lipinski definition) is 5. The molecule has 0 saturated carbocycles. The van der Waals surface area contributed by atoms with Gasteiger partial charge in [-0.1, -0.05) is 12.1 Å². The molecule has 0 unspecified atom stereocenters. The number of hydrogen-bond donors (Lipinski definition) is 2. The van der Waals surface area contributed by atoms with Crippen molar-refractivity contribution in [1.29, 1.82) is 0 Å². The number of carbonyl (C=O) groups is 1. The third-order valence-corrected chi connectivity index (χ3v) is 2.00. The van der Waals surface area contributed by atoms with Gasteiger partial charge in [-0.3, -0.25) is 14.9 Å². The standard InChI is InChI=1S/C9H7N5O3/c15-9(7-5-10-13-12-7)11-6-3-1-2-4-8(6)14(16)17/h1-5H,(H,11,15)(H,10,12,13). The molecule has 0 atom stereocenters. The molecule has 1 aromatic carbocycles. The monoisotopic (exact) mass is 233 g/mol. The van der Waals surface area contributed by atoms with E-state index < -0.39 is 10.8 Å². The van der Waals surface area contributed by atoms with Gasteiger partial charge in [-0.15, -0.1) is 0 Å². The number of benzene rings is 1. The van der Waals surface area contributed by atoms with Gasteiger partial charge < -0.3 is 5.32 Å². The second kappa shape index (κ2) is 4.39. The number of aromatic amines is 1. The second-order valence-electron chi connectivity index (χ2n) is 3.08. The predicted molar refractivity (Wildman–Crippen MR) is 57.4 cm³/mol. The molecule has 1 aromatic heterocycles. The average molecular weight is 233 g/mol. The first-order valence-corrected chi connectivity index (χ1v) is 4.59. The Hall–Kier alpha value is -2.77. The third kappa shape index (κ3) is 2.25. The van der Waals surface area contributed by atoms with E-state index in [9.17, 15) is 14.9 Å². The number of carbonyl (C=O) groups excluding carboxylic acids is 1. The van der Waals surface area contributed by atoms with Gasteiger partial charge in [0.15, 0.2) is 5.69 Å². The van der Waals surface area contributed by atoms with Crippen molar-refractivity contribution < 1.29 is 9.72 Å². The van der Waals surface area contributed by atoms with Crippen LogP contribution in [0.15, 0.2) is 30.5 Å². The Bertz CT molecular complexity index is 552. The predicted octanol–water partition coefficient (Wildman–Crippen LogP) is 0.965. The molecule has 0 bridgehead atoms. The summed E-state index contributed by atoms with van der Waals surface area (Å²) in [7, 11) is 0. The highest BCUT2D eigenvalue weighted by Gasteiger charge is 2.16. The Morgan fingerprint density at radius 2 is 2.18 bits per heavy atom. The first-order chi connectivity index (χ1) is 8.18. The Labute approximate surface area is 94.8 Å². The van der Waals surface area contributed by atoms with E-state index in [1.165, 1.54) is 24.4 Å². The number of anilines is 1.